The molecule has 0 spiro atoms. The highest BCUT2D eigenvalue weighted by molar-refractivity contribution is 7.87. The molecule has 0 saturated carbocycles. The fourth-order valence-corrected chi connectivity index (χ4v) is 4.35. The zero-order valence-electron chi connectivity index (χ0n) is 19.1. The fraction of sp³-hybridized carbons (Fsp3) is 0.360. The van der Waals surface area contributed by atoms with Gasteiger partial charge in [-0.05, 0) is 39.8 Å². The molecule has 1 aliphatic rings. The van der Waals surface area contributed by atoms with Gasteiger partial charge in [0.1, 0.15) is 5.75 Å². The van der Waals surface area contributed by atoms with Crippen LogP contribution in [0.4, 0.5) is 13.2 Å². The minimum Gasteiger partial charge on any atom is -0.493 e. The van der Waals surface area contributed by atoms with Crippen LogP contribution in [0.1, 0.15) is 45.4 Å². The highest BCUT2D eigenvalue weighted by Crippen LogP contribution is 2.31. The largest absolute Gasteiger partial charge is 0.534 e. The van der Waals surface area contributed by atoms with Crippen LogP contribution in [-0.2, 0) is 10.1 Å². The smallest absolute Gasteiger partial charge is 0.493 e. The molecule has 186 valence electrons. The van der Waals surface area contributed by atoms with Gasteiger partial charge in [0.25, 0.3) is 0 Å². The van der Waals surface area contributed by atoms with E-state index in [2.05, 4.69) is 21.1 Å². The van der Waals surface area contributed by atoms with Gasteiger partial charge >= 0.3 is 21.6 Å². The Bertz CT molecular complexity index is 1490. The number of unbranched alkanes of at least 4 members (excludes halogenated alkanes) is 5. The standard InChI is InChI=1S/C25H25F3N2O4S/c1-2-3-4-5-6-9-12-33-22-14-17(13-21-19-10-7-8-11-20(19)23(21)22)18-15-29-24(30-16-18)34-35(31,32)25(26,27)28/h7-8,10-11,13-16H,2-6,9,12H2,1H3. The normalized spacial score (nSPS) is 12.5. The number of nitrogens with zero attached hydrogens (tertiary/aromatic N) is 2. The monoisotopic (exact) mass is 506 g/mol. The van der Waals surface area contributed by atoms with Crippen LogP contribution in [-0.4, -0.2) is 30.5 Å². The van der Waals surface area contributed by atoms with Crippen molar-refractivity contribution in [1.82, 2.24) is 9.97 Å². The third kappa shape index (κ3) is 5.42. The molecule has 0 unspecified atom stereocenters. The van der Waals surface area contributed by atoms with E-state index in [0.29, 0.717) is 23.5 Å². The molecule has 3 aromatic rings. The van der Waals surface area contributed by atoms with Crippen molar-refractivity contribution in [2.75, 3.05) is 6.61 Å². The maximum Gasteiger partial charge on any atom is 0.534 e. The zero-order chi connectivity index (χ0) is 25.1. The summed E-state index contributed by atoms with van der Waals surface area (Å²) in [5, 5.41) is 4.19. The third-order valence-electron chi connectivity index (χ3n) is 5.77. The van der Waals surface area contributed by atoms with E-state index in [9.17, 15) is 21.6 Å². The van der Waals surface area contributed by atoms with Gasteiger partial charge in [-0.15, -0.1) is 0 Å². The molecule has 0 N–H and O–H groups in total. The quantitative estimate of drug-likeness (QED) is 0.141. The van der Waals surface area contributed by atoms with Gasteiger partial charge in [-0.25, -0.2) is 9.97 Å². The number of halogens is 3. The Kier molecular flexibility index (Phi) is 7.30. The van der Waals surface area contributed by atoms with Crippen LogP contribution >= 0.6 is 0 Å². The molecular formula is C25H25F3N2O4S. The average Bonchev–Trinajstić information content (AvgIpc) is 2.81. The highest BCUT2D eigenvalue weighted by Gasteiger charge is 2.49. The van der Waals surface area contributed by atoms with Crippen LogP contribution in [0.2, 0.25) is 0 Å². The second-order valence-electron chi connectivity index (χ2n) is 8.30. The lowest BCUT2D eigenvalue weighted by molar-refractivity contribution is -0.0502. The second kappa shape index (κ2) is 10.2. The molecule has 35 heavy (non-hydrogen) atoms. The third-order valence-corrected chi connectivity index (χ3v) is 6.71. The van der Waals surface area contributed by atoms with Gasteiger partial charge in [0.15, 0.2) is 0 Å². The topological polar surface area (TPSA) is 78.4 Å². The first-order chi connectivity index (χ1) is 16.7. The Hall–Kier alpha value is -3.14. The van der Waals surface area contributed by atoms with Crippen LogP contribution in [0.3, 0.4) is 0 Å². The van der Waals surface area contributed by atoms with Crippen molar-refractivity contribution < 1.29 is 30.5 Å². The van der Waals surface area contributed by atoms with E-state index in [-0.39, 0.29) is 0 Å². The van der Waals surface area contributed by atoms with Crippen molar-refractivity contribution in [3.05, 3.63) is 69.7 Å². The van der Waals surface area contributed by atoms with Crippen molar-refractivity contribution >= 4 is 10.1 Å². The summed E-state index contributed by atoms with van der Waals surface area (Å²) < 4.78 is 70.1. The predicted molar refractivity (Wildman–Crippen MR) is 124 cm³/mol. The molecule has 6 nitrogen and oxygen atoms in total. The lowest BCUT2D eigenvalue weighted by Crippen LogP contribution is -2.28. The van der Waals surface area contributed by atoms with Gasteiger partial charge in [0.2, 0.25) is 0 Å². The molecule has 0 atom stereocenters. The average molecular weight is 507 g/mol. The summed E-state index contributed by atoms with van der Waals surface area (Å²) in [5.41, 5.74) is -4.38. The highest BCUT2D eigenvalue weighted by atomic mass is 32.2. The zero-order valence-corrected chi connectivity index (χ0v) is 20.0. The maximum absolute atomic E-state index is 12.5. The number of fused-ring (bicyclic) bond motifs is 2. The molecule has 0 bridgehead atoms. The number of ether oxygens (including phenoxy) is 1. The van der Waals surface area contributed by atoms with Crippen molar-refractivity contribution in [2.45, 2.75) is 51.0 Å². The minimum absolute atomic E-state index is 0.485. The summed E-state index contributed by atoms with van der Waals surface area (Å²) in [4.78, 5) is 7.31. The van der Waals surface area contributed by atoms with Crippen LogP contribution in [0.25, 0.3) is 11.1 Å². The lowest BCUT2D eigenvalue weighted by Gasteiger charge is -2.14. The summed E-state index contributed by atoms with van der Waals surface area (Å²) >= 11 is 0. The van der Waals surface area contributed by atoms with Gasteiger partial charge in [-0.2, -0.15) is 21.6 Å². The summed E-state index contributed by atoms with van der Waals surface area (Å²) in [6.45, 7) is 2.75. The summed E-state index contributed by atoms with van der Waals surface area (Å²) in [6, 6.07) is 10.8. The van der Waals surface area contributed by atoms with E-state index < -0.39 is 21.6 Å². The maximum atomic E-state index is 12.5. The molecule has 0 radical (unpaired) electrons. The van der Waals surface area contributed by atoms with Crippen LogP contribution < -0.4 is 8.92 Å². The van der Waals surface area contributed by atoms with Gasteiger partial charge in [0, 0.05) is 23.2 Å². The van der Waals surface area contributed by atoms with Crippen molar-refractivity contribution in [2.24, 2.45) is 0 Å². The summed E-state index contributed by atoms with van der Waals surface area (Å²) in [6.07, 6.45) is 9.30. The summed E-state index contributed by atoms with van der Waals surface area (Å²) in [5.74, 6) is 0.713. The Balaban J connectivity index is 1.58. The number of hydrogen-bond acceptors (Lipinski definition) is 6. The Morgan fingerprint density at radius 1 is 0.857 bits per heavy atom. The SMILES string of the molecule is CCCCCCCCOc1cc(-c2cnc(OS(=O)(=O)C(F)(F)F)nc2)cc2c1=c1ccccc1=2. The first-order valence-electron chi connectivity index (χ1n) is 11.4. The van der Waals surface area contributed by atoms with Crippen LogP contribution in [0.5, 0.6) is 11.8 Å². The summed E-state index contributed by atoms with van der Waals surface area (Å²) in [7, 11) is -5.84. The molecule has 0 saturated heterocycles. The first kappa shape index (κ1) is 25.0. The minimum atomic E-state index is -5.84. The van der Waals surface area contributed by atoms with E-state index in [1.165, 1.54) is 38.1 Å². The number of benzene rings is 2. The molecule has 1 aromatic heterocycles. The molecule has 0 fully saturated rings. The van der Waals surface area contributed by atoms with Gasteiger partial charge in [-0.1, -0.05) is 63.3 Å². The molecule has 0 amide bonds. The Labute approximate surface area is 200 Å². The van der Waals surface area contributed by atoms with E-state index in [0.717, 1.165) is 33.7 Å². The number of alkyl halides is 3. The number of aromatic nitrogens is 2. The fourth-order valence-electron chi connectivity index (χ4n) is 3.98. The van der Waals surface area contributed by atoms with Gasteiger partial charge in [0.05, 0.1) is 6.61 Å². The van der Waals surface area contributed by atoms with Crippen molar-refractivity contribution in [1.29, 1.82) is 0 Å². The molecule has 1 heterocycles. The van der Waals surface area contributed by atoms with Crippen LogP contribution in [0.15, 0.2) is 48.8 Å². The molecule has 1 aliphatic carbocycles. The second-order valence-corrected chi connectivity index (χ2v) is 9.83. The Morgan fingerprint density at radius 3 is 2.20 bits per heavy atom. The first-order valence-corrected chi connectivity index (χ1v) is 12.9. The lowest BCUT2D eigenvalue weighted by atomic mass is 9.96. The molecular weight excluding hydrogens is 481 g/mol. The van der Waals surface area contributed by atoms with Crippen LogP contribution in [0, 0.1) is 20.9 Å². The van der Waals surface area contributed by atoms with E-state index in [1.54, 1.807) is 0 Å². The van der Waals surface area contributed by atoms with E-state index in [1.807, 2.05) is 36.4 Å². The molecule has 4 rings (SSSR count). The Morgan fingerprint density at radius 2 is 1.51 bits per heavy atom. The van der Waals surface area contributed by atoms with Crippen molar-refractivity contribution in [3.63, 3.8) is 0 Å². The van der Waals surface area contributed by atoms with E-state index in [4.69, 9.17) is 4.74 Å². The van der Waals surface area contributed by atoms with Crippen molar-refractivity contribution in [3.8, 4) is 22.9 Å². The molecule has 10 heteroatoms. The predicted octanol–water partition coefficient (Wildman–Crippen LogP) is 6.00. The molecule has 2 aromatic carbocycles. The van der Waals surface area contributed by atoms with Gasteiger partial charge < -0.3 is 8.92 Å². The number of hydrogen-bond donors (Lipinski definition) is 0. The molecule has 0 aliphatic heterocycles. The van der Waals surface area contributed by atoms with Gasteiger partial charge in [-0.3, -0.25) is 0 Å². The van der Waals surface area contributed by atoms with E-state index >= 15 is 0 Å². The number of rotatable bonds is 11.